The molecule has 5 nitrogen and oxygen atoms in total. The first-order chi connectivity index (χ1) is 9.42. The van der Waals surface area contributed by atoms with Gasteiger partial charge in [0, 0.05) is 13.1 Å². The Balaban J connectivity index is 1.58. The number of nitrogens with zero attached hydrogens (tertiary/aromatic N) is 3. The zero-order valence-corrected chi connectivity index (χ0v) is 10.9. The quantitative estimate of drug-likeness (QED) is 0.913. The second kappa shape index (κ2) is 5.73. The van der Waals surface area contributed by atoms with E-state index in [2.05, 4.69) is 32.3 Å². The van der Waals surface area contributed by atoms with Gasteiger partial charge in [-0.3, -0.25) is 0 Å². The van der Waals surface area contributed by atoms with Gasteiger partial charge in [0.15, 0.2) is 6.39 Å². The van der Waals surface area contributed by atoms with Crippen LogP contribution in [0.25, 0.3) is 0 Å². The summed E-state index contributed by atoms with van der Waals surface area (Å²) in [6.07, 6.45) is 8.91. The number of piperidine rings is 1. The lowest BCUT2D eigenvalue weighted by atomic mass is 10.1. The molecule has 0 radical (unpaired) electrons. The summed E-state index contributed by atoms with van der Waals surface area (Å²) in [4.78, 5) is 10.8. The monoisotopic (exact) mass is 258 g/mol. The van der Waals surface area contributed by atoms with Crippen LogP contribution in [0.1, 0.15) is 25.0 Å². The SMILES string of the molecule is c1ncc(CNc2ccc(N3CCCCC3)nc2)o1. The molecule has 0 amide bonds. The Kier molecular flexibility index (Phi) is 3.63. The normalized spacial score (nSPS) is 15.5. The van der Waals surface area contributed by atoms with Crippen LogP contribution in [0.15, 0.2) is 35.3 Å². The van der Waals surface area contributed by atoms with Gasteiger partial charge >= 0.3 is 0 Å². The zero-order valence-electron chi connectivity index (χ0n) is 10.9. The van der Waals surface area contributed by atoms with E-state index in [0.717, 1.165) is 30.4 Å². The number of pyridine rings is 1. The van der Waals surface area contributed by atoms with E-state index in [0.29, 0.717) is 6.54 Å². The standard InChI is InChI=1S/C14H18N4O/c1-2-6-18(7-3-1)14-5-4-12(8-17-14)16-10-13-9-15-11-19-13/h4-5,8-9,11,16H,1-3,6-7,10H2. The fraction of sp³-hybridized carbons (Fsp3) is 0.429. The molecule has 3 rings (SSSR count). The summed E-state index contributed by atoms with van der Waals surface area (Å²) < 4.78 is 5.17. The molecule has 1 aliphatic rings. The summed E-state index contributed by atoms with van der Waals surface area (Å²) >= 11 is 0. The average Bonchev–Trinajstić information content (AvgIpc) is 3.00. The van der Waals surface area contributed by atoms with E-state index in [1.165, 1.54) is 25.7 Å². The van der Waals surface area contributed by atoms with E-state index in [1.807, 2.05) is 6.20 Å². The molecule has 0 aliphatic carbocycles. The fourth-order valence-electron chi connectivity index (χ4n) is 2.32. The van der Waals surface area contributed by atoms with Gasteiger partial charge in [0.25, 0.3) is 0 Å². The summed E-state index contributed by atoms with van der Waals surface area (Å²) in [6.45, 7) is 2.88. The van der Waals surface area contributed by atoms with E-state index >= 15 is 0 Å². The molecule has 0 spiro atoms. The van der Waals surface area contributed by atoms with Gasteiger partial charge in [-0.2, -0.15) is 0 Å². The highest BCUT2D eigenvalue weighted by molar-refractivity contribution is 5.48. The van der Waals surface area contributed by atoms with E-state index in [9.17, 15) is 0 Å². The number of anilines is 2. The Bertz CT molecular complexity index is 489. The molecule has 0 saturated carbocycles. The van der Waals surface area contributed by atoms with Gasteiger partial charge in [0.05, 0.1) is 24.6 Å². The average molecular weight is 258 g/mol. The molecule has 0 bridgehead atoms. The second-order valence-electron chi connectivity index (χ2n) is 4.77. The molecule has 2 aromatic rings. The molecule has 1 fully saturated rings. The van der Waals surface area contributed by atoms with Crippen LogP contribution in [-0.2, 0) is 6.54 Å². The summed E-state index contributed by atoms with van der Waals surface area (Å²) in [5, 5.41) is 3.26. The lowest BCUT2D eigenvalue weighted by Crippen LogP contribution is -2.30. The van der Waals surface area contributed by atoms with Crippen molar-refractivity contribution in [3.05, 3.63) is 36.7 Å². The van der Waals surface area contributed by atoms with Crippen molar-refractivity contribution in [1.29, 1.82) is 0 Å². The van der Waals surface area contributed by atoms with E-state index in [-0.39, 0.29) is 0 Å². The molecular formula is C14H18N4O. The van der Waals surface area contributed by atoms with Crippen molar-refractivity contribution in [1.82, 2.24) is 9.97 Å². The van der Waals surface area contributed by atoms with Crippen LogP contribution in [0, 0.1) is 0 Å². The Labute approximate surface area is 112 Å². The number of nitrogens with one attached hydrogen (secondary N) is 1. The first kappa shape index (κ1) is 12.0. The highest BCUT2D eigenvalue weighted by Gasteiger charge is 2.11. The molecule has 3 heterocycles. The number of hydrogen-bond acceptors (Lipinski definition) is 5. The first-order valence-corrected chi connectivity index (χ1v) is 6.74. The van der Waals surface area contributed by atoms with Crippen LogP contribution in [-0.4, -0.2) is 23.1 Å². The van der Waals surface area contributed by atoms with E-state index < -0.39 is 0 Å². The van der Waals surface area contributed by atoms with Crippen molar-refractivity contribution < 1.29 is 4.42 Å². The highest BCUT2D eigenvalue weighted by Crippen LogP contribution is 2.19. The summed E-state index contributed by atoms with van der Waals surface area (Å²) in [5.41, 5.74) is 0.997. The highest BCUT2D eigenvalue weighted by atomic mass is 16.3. The van der Waals surface area contributed by atoms with Crippen LogP contribution in [0.5, 0.6) is 0 Å². The number of aromatic nitrogens is 2. The van der Waals surface area contributed by atoms with Gasteiger partial charge < -0.3 is 14.6 Å². The Hall–Kier alpha value is -2.04. The molecule has 1 aliphatic heterocycles. The minimum Gasteiger partial charge on any atom is -0.447 e. The Morgan fingerprint density at radius 2 is 2.05 bits per heavy atom. The largest absolute Gasteiger partial charge is 0.447 e. The van der Waals surface area contributed by atoms with Crippen LogP contribution in [0.4, 0.5) is 11.5 Å². The van der Waals surface area contributed by atoms with Crippen molar-refractivity contribution in [3.63, 3.8) is 0 Å². The van der Waals surface area contributed by atoms with Crippen LogP contribution in [0.3, 0.4) is 0 Å². The Morgan fingerprint density at radius 3 is 2.74 bits per heavy atom. The van der Waals surface area contributed by atoms with E-state index in [1.54, 1.807) is 6.20 Å². The van der Waals surface area contributed by atoms with Crippen molar-refractivity contribution in [3.8, 4) is 0 Å². The number of rotatable bonds is 4. The minimum atomic E-state index is 0.630. The van der Waals surface area contributed by atoms with Crippen LogP contribution < -0.4 is 10.2 Å². The minimum absolute atomic E-state index is 0.630. The van der Waals surface area contributed by atoms with E-state index in [4.69, 9.17) is 4.42 Å². The molecule has 0 unspecified atom stereocenters. The summed E-state index contributed by atoms with van der Waals surface area (Å²) in [7, 11) is 0. The number of oxazole rings is 1. The maximum absolute atomic E-state index is 5.17. The van der Waals surface area contributed by atoms with Crippen molar-refractivity contribution >= 4 is 11.5 Å². The first-order valence-electron chi connectivity index (χ1n) is 6.74. The fourth-order valence-corrected chi connectivity index (χ4v) is 2.32. The van der Waals surface area contributed by atoms with Gasteiger partial charge in [0.1, 0.15) is 11.6 Å². The third kappa shape index (κ3) is 3.05. The maximum Gasteiger partial charge on any atom is 0.180 e. The molecular weight excluding hydrogens is 240 g/mol. The lowest BCUT2D eigenvalue weighted by molar-refractivity contribution is 0.511. The molecule has 100 valence electrons. The third-order valence-corrected chi connectivity index (χ3v) is 3.38. The second-order valence-corrected chi connectivity index (χ2v) is 4.77. The van der Waals surface area contributed by atoms with Crippen LogP contribution >= 0.6 is 0 Å². The van der Waals surface area contributed by atoms with Gasteiger partial charge in [0.2, 0.25) is 0 Å². The van der Waals surface area contributed by atoms with Crippen LogP contribution in [0.2, 0.25) is 0 Å². The predicted octanol–water partition coefficient (Wildman–Crippen LogP) is 2.67. The van der Waals surface area contributed by atoms with Crippen molar-refractivity contribution in [2.45, 2.75) is 25.8 Å². The maximum atomic E-state index is 5.17. The molecule has 1 N–H and O–H groups in total. The van der Waals surface area contributed by atoms with Crippen molar-refractivity contribution in [2.75, 3.05) is 23.3 Å². The number of hydrogen-bond donors (Lipinski definition) is 1. The third-order valence-electron chi connectivity index (χ3n) is 3.38. The molecule has 0 aromatic carbocycles. The summed E-state index contributed by atoms with van der Waals surface area (Å²) in [6, 6.07) is 4.14. The molecule has 1 saturated heterocycles. The van der Waals surface area contributed by atoms with Gasteiger partial charge in [-0.05, 0) is 31.4 Å². The summed E-state index contributed by atoms with van der Waals surface area (Å²) in [5.74, 6) is 1.89. The molecule has 0 atom stereocenters. The van der Waals surface area contributed by atoms with Gasteiger partial charge in [-0.1, -0.05) is 0 Å². The topological polar surface area (TPSA) is 54.2 Å². The van der Waals surface area contributed by atoms with Gasteiger partial charge in [-0.15, -0.1) is 0 Å². The van der Waals surface area contributed by atoms with Crippen molar-refractivity contribution in [2.24, 2.45) is 0 Å². The predicted molar refractivity (Wildman–Crippen MR) is 74.1 cm³/mol. The lowest BCUT2D eigenvalue weighted by Gasteiger charge is -2.27. The smallest absolute Gasteiger partial charge is 0.180 e. The van der Waals surface area contributed by atoms with Gasteiger partial charge in [-0.25, -0.2) is 9.97 Å². The molecule has 19 heavy (non-hydrogen) atoms. The molecule has 5 heteroatoms. The molecule has 2 aromatic heterocycles. The Morgan fingerprint density at radius 1 is 1.16 bits per heavy atom. The zero-order chi connectivity index (χ0) is 12.9.